The monoisotopic (exact) mass is 113 g/mol. The van der Waals surface area contributed by atoms with Crippen LogP contribution in [0, 0.1) is 10.1 Å². The van der Waals surface area contributed by atoms with Crippen LogP contribution in [0.1, 0.15) is 0 Å². The third-order valence-corrected chi connectivity index (χ3v) is 0.922. The quantitative estimate of drug-likeness (QED) is 0.268. The summed E-state index contributed by atoms with van der Waals surface area (Å²) in [6.45, 7) is 0.492. The van der Waals surface area contributed by atoms with Crippen molar-refractivity contribution in [2.45, 2.75) is 6.17 Å². The van der Waals surface area contributed by atoms with Crippen LogP contribution in [0.4, 0.5) is 0 Å². The van der Waals surface area contributed by atoms with E-state index in [4.69, 9.17) is 0 Å². The van der Waals surface area contributed by atoms with Crippen molar-refractivity contribution in [2.75, 3.05) is 6.54 Å². The van der Waals surface area contributed by atoms with E-state index in [1.165, 1.54) is 6.08 Å². The summed E-state index contributed by atoms with van der Waals surface area (Å²) >= 11 is 0. The summed E-state index contributed by atoms with van der Waals surface area (Å²) in [5.41, 5.74) is 0. The molecule has 4 heteroatoms. The Morgan fingerprint density at radius 1 is 1.88 bits per heavy atom. The standard InChI is InChI=1S/C4H5N2O2/c7-6(8)4-2-1-3-5-4/h1-2,4H,3H2. The highest BCUT2D eigenvalue weighted by molar-refractivity contribution is 4.96. The fourth-order valence-electron chi connectivity index (χ4n) is 0.549. The molecule has 0 N–H and O–H groups in total. The zero-order chi connectivity index (χ0) is 5.98. The van der Waals surface area contributed by atoms with Crippen LogP contribution in [0.5, 0.6) is 0 Å². The number of rotatable bonds is 1. The minimum atomic E-state index is -0.769. The van der Waals surface area contributed by atoms with E-state index in [0.717, 1.165) is 0 Å². The first-order valence-electron chi connectivity index (χ1n) is 2.27. The van der Waals surface area contributed by atoms with Gasteiger partial charge in [0, 0.05) is 17.5 Å². The molecule has 0 bridgehead atoms. The molecule has 43 valence electrons. The molecule has 1 aliphatic rings. The molecule has 0 aromatic rings. The van der Waals surface area contributed by atoms with Crippen LogP contribution in [0.3, 0.4) is 0 Å². The third kappa shape index (κ3) is 0.840. The normalized spacial score (nSPS) is 26.2. The molecule has 1 atom stereocenters. The zero-order valence-electron chi connectivity index (χ0n) is 4.15. The SMILES string of the molecule is O=[N+]([O-])C1C=CC[N]1. The fourth-order valence-corrected chi connectivity index (χ4v) is 0.549. The Morgan fingerprint density at radius 3 is 2.88 bits per heavy atom. The molecule has 0 saturated carbocycles. The van der Waals surface area contributed by atoms with Crippen molar-refractivity contribution in [3.05, 3.63) is 22.3 Å². The van der Waals surface area contributed by atoms with Crippen molar-refractivity contribution in [1.82, 2.24) is 5.32 Å². The van der Waals surface area contributed by atoms with Gasteiger partial charge >= 0.3 is 0 Å². The Labute approximate surface area is 46.3 Å². The van der Waals surface area contributed by atoms with Crippen LogP contribution >= 0.6 is 0 Å². The van der Waals surface area contributed by atoms with Gasteiger partial charge in [0.2, 0.25) is 0 Å². The van der Waals surface area contributed by atoms with E-state index in [9.17, 15) is 10.1 Å². The Hall–Kier alpha value is -0.900. The molecular weight excluding hydrogens is 108 g/mol. The summed E-state index contributed by atoms with van der Waals surface area (Å²) in [7, 11) is 0. The van der Waals surface area contributed by atoms with Gasteiger partial charge in [-0.15, -0.1) is 0 Å². The van der Waals surface area contributed by atoms with Gasteiger partial charge in [0.05, 0.1) is 0 Å². The van der Waals surface area contributed by atoms with Crippen LogP contribution in [0.2, 0.25) is 0 Å². The molecule has 0 saturated heterocycles. The molecule has 0 aliphatic carbocycles. The summed E-state index contributed by atoms with van der Waals surface area (Å²) < 4.78 is 0. The largest absolute Gasteiger partial charge is 0.300 e. The average molecular weight is 113 g/mol. The second-order valence-corrected chi connectivity index (χ2v) is 1.49. The first-order valence-corrected chi connectivity index (χ1v) is 2.27. The Bertz CT molecular complexity index is 132. The number of hydrogen-bond acceptors (Lipinski definition) is 2. The van der Waals surface area contributed by atoms with Crippen molar-refractivity contribution in [3.63, 3.8) is 0 Å². The maximum absolute atomic E-state index is 9.86. The van der Waals surface area contributed by atoms with Crippen molar-refractivity contribution >= 4 is 0 Å². The molecule has 0 spiro atoms. The van der Waals surface area contributed by atoms with Crippen molar-refractivity contribution in [1.29, 1.82) is 0 Å². The van der Waals surface area contributed by atoms with Crippen molar-refractivity contribution in [2.24, 2.45) is 0 Å². The minimum absolute atomic E-state index is 0.413. The lowest BCUT2D eigenvalue weighted by Gasteiger charge is -1.93. The average Bonchev–Trinajstić information content (AvgIpc) is 2.12. The van der Waals surface area contributed by atoms with Gasteiger partial charge in [-0.2, -0.15) is 5.32 Å². The highest BCUT2D eigenvalue weighted by atomic mass is 16.6. The molecule has 1 aliphatic heterocycles. The fraction of sp³-hybridized carbons (Fsp3) is 0.500. The van der Waals surface area contributed by atoms with E-state index < -0.39 is 11.1 Å². The van der Waals surface area contributed by atoms with E-state index in [1.807, 2.05) is 0 Å². The lowest BCUT2D eigenvalue weighted by atomic mass is 10.5. The molecule has 1 heterocycles. The molecule has 4 nitrogen and oxygen atoms in total. The number of nitrogens with zero attached hydrogens (tertiary/aromatic N) is 2. The highest BCUT2D eigenvalue weighted by Gasteiger charge is 2.18. The summed E-state index contributed by atoms with van der Waals surface area (Å²) in [5, 5.41) is 13.5. The Morgan fingerprint density at radius 2 is 2.62 bits per heavy atom. The molecule has 0 aromatic heterocycles. The predicted octanol–water partition coefficient (Wildman–Crippen LogP) is -0.237. The summed E-state index contributed by atoms with van der Waals surface area (Å²) in [6.07, 6.45) is 2.41. The van der Waals surface area contributed by atoms with Crippen LogP contribution in [-0.4, -0.2) is 17.6 Å². The second kappa shape index (κ2) is 1.92. The lowest BCUT2D eigenvalue weighted by molar-refractivity contribution is -0.514. The topological polar surface area (TPSA) is 57.2 Å². The zero-order valence-corrected chi connectivity index (χ0v) is 4.15. The molecule has 1 rings (SSSR count). The molecule has 1 unspecified atom stereocenters. The van der Waals surface area contributed by atoms with Gasteiger partial charge in [-0.05, 0) is 0 Å². The summed E-state index contributed by atoms with van der Waals surface area (Å²) in [6, 6.07) is 0. The van der Waals surface area contributed by atoms with Crippen LogP contribution in [-0.2, 0) is 0 Å². The van der Waals surface area contributed by atoms with Gasteiger partial charge in [-0.25, -0.2) is 0 Å². The molecule has 8 heavy (non-hydrogen) atoms. The lowest BCUT2D eigenvalue weighted by Crippen LogP contribution is -2.23. The van der Waals surface area contributed by atoms with Crippen LogP contribution < -0.4 is 5.32 Å². The van der Waals surface area contributed by atoms with Crippen LogP contribution in [0.25, 0.3) is 0 Å². The van der Waals surface area contributed by atoms with Crippen molar-refractivity contribution < 1.29 is 4.92 Å². The maximum Gasteiger partial charge on any atom is 0.300 e. The molecule has 0 fully saturated rings. The van der Waals surface area contributed by atoms with Crippen LogP contribution in [0.15, 0.2) is 12.2 Å². The van der Waals surface area contributed by atoms with Gasteiger partial charge in [0.15, 0.2) is 0 Å². The first kappa shape index (κ1) is 5.24. The summed E-state index contributed by atoms with van der Waals surface area (Å²) in [5.74, 6) is 0. The highest BCUT2D eigenvalue weighted by Crippen LogP contribution is 1.95. The maximum atomic E-state index is 9.86. The van der Waals surface area contributed by atoms with Crippen molar-refractivity contribution in [3.8, 4) is 0 Å². The number of nitro groups is 1. The summed E-state index contributed by atoms with van der Waals surface area (Å²) in [4.78, 5) is 9.45. The van der Waals surface area contributed by atoms with Gasteiger partial charge in [0.1, 0.15) is 0 Å². The van der Waals surface area contributed by atoms with E-state index in [-0.39, 0.29) is 0 Å². The van der Waals surface area contributed by atoms with Gasteiger partial charge < -0.3 is 0 Å². The van der Waals surface area contributed by atoms with E-state index in [2.05, 4.69) is 5.32 Å². The van der Waals surface area contributed by atoms with Gasteiger partial charge in [0.25, 0.3) is 6.17 Å². The van der Waals surface area contributed by atoms with E-state index in [0.29, 0.717) is 6.54 Å². The van der Waals surface area contributed by atoms with Gasteiger partial charge in [-0.3, -0.25) is 10.1 Å². The Balaban J connectivity index is 2.48. The van der Waals surface area contributed by atoms with Gasteiger partial charge in [-0.1, -0.05) is 6.08 Å². The third-order valence-electron chi connectivity index (χ3n) is 0.922. The second-order valence-electron chi connectivity index (χ2n) is 1.49. The molecule has 0 aromatic carbocycles. The minimum Gasteiger partial charge on any atom is -0.262 e. The molecule has 1 radical (unpaired) electrons. The smallest absolute Gasteiger partial charge is 0.262 e. The number of hydrogen-bond donors (Lipinski definition) is 0. The molecular formula is C4H5N2O2. The van der Waals surface area contributed by atoms with E-state index in [1.54, 1.807) is 6.08 Å². The predicted molar refractivity (Wildman–Crippen MR) is 26.9 cm³/mol. The van der Waals surface area contributed by atoms with E-state index >= 15 is 0 Å². The first-order chi connectivity index (χ1) is 3.80. The molecule has 0 amide bonds. The Kier molecular flexibility index (Phi) is 1.26.